The topological polar surface area (TPSA) is 49.3 Å². The Hall–Kier alpha value is -0.520. The smallest absolute Gasteiger partial charge is 0.230 e. The average Bonchev–Trinajstić information content (AvgIpc) is 2.36. The lowest BCUT2D eigenvalue weighted by atomic mass is 9.95. The molecular weight excluding hydrogens is 314 g/mol. The summed E-state index contributed by atoms with van der Waals surface area (Å²) in [7, 11) is 0. The van der Waals surface area contributed by atoms with Crippen molar-refractivity contribution in [1.82, 2.24) is 5.32 Å². The van der Waals surface area contributed by atoms with Crippen LogP contribution in [0.3, 0.4) is 0 Å². The minimum absolute atomic E-state index is 0.00977. The van der Waals surface area contributed by atoms with Gasteiger partial charge in [0.2, 0.25) is 5.91 Å². The van der Waals surface area contributed by atoms with E-state index in [4.69, 9.17) is 5.11 Å². The van der Waals surface area contributed by atoms with E-state index < -0.39 is 0 Å². The number of aliphatic hydroxyl groups is 1. The van der Waals surface area contributed by atoms with Gasteiger partial charge >= 0.3 is 0 Å². The molecule has 0 aliphatic rings. The number of amides is 1. The maximum Gasteiger partial charge on any atom is 0.230 e. The number of nitrogens with one attached hydrogen (secondary N) is 1. The average molecular weight is 332 g/mol. The van der Waals surface area contributed by atoms with Crippen LogP contribution < -0.4 is 5.32 Å². The highest BCUT2D eigenvalue weighted by molar-refractivity contribution is 9.10. The molecule has 5 heteroatoms. The number of carbonyl (C=O) groups is 1. The second-order valence-corrected chi connectivity index (χ2v) is 6.81. The molecule has 1 aromatic carbocycles. The SMILES string of the molecule is CC(C)(CO)CNC(=O)CSc1ccc(Br)cc1. The number of halogens is 1. The van der Waals surface area contributed by atoms with Gasteiger partial charge in [-0.15, -0.1) is 11.8 Å². The first-order chi connectivity index (χ1) is 8.43. The van der Waals surface area contributed by atoms with Crippen LogP contribution in [-0.4, -0.2) is 29.9 Å². The van der Waals surface area contributed by atoms with Crippen molar-refractivity contribution in [1.29, 1.82) is 0 Å². The van der Waals surface area contributed by atoms with E-state index in [1.165, 1.54) is 11.8 Å². The van der Waals surface area contributed by atoms with Crippen molar-refractivity contribution >= 4 is 33.6 Å². The lowest BCUT2D eigenvalue weighted by molar-refractivity contribution is -0.119. The Bertz CT molecular complexity index is 392. The van der Waals surface area contributed by atoms with Gasteiger partial charge in [-0.25, -0.2) is 0 Å². The molecule has 1 rings (SSSR count). The maximum absolute atomic E-state index is 11.6. The summed E-state index contributed by atoms with van der Waals surface area (Å²) in [5.74, 6) is 0.382. The Morgan fingerprint density at radius 3 is 2.56 bits per heavy atom. The fourth-order valence-electron chi connectivity index (χ4n) is 1.12. The van der Waals surface area contributed by atoms with Gasteiger partial charge in [0.25, 0.3) is 0 Å². The molecule has 100 valence electrons. The van der Waals surface area contributed by atoms with Gasteiger partial charge in [-0.2, -0.15) is 0 Å². The molecule has 0 unspecified atom stereocenters. The summed E-state index contributed by atoms with van der Waals surface area (Å²) in [6.45, 7) is 4.38. The Labute approximate surface area is 120 Å². The Morgan fingerprint density at radius 1 is 1.39 bits per heavy atom. The summed E-state index contributed by atoms with van der Waals surface area (Å²) in [6, 6.07) is 7.85. The largest absolute Gasteiger partial charge is 0.396 e. The van der Waals surface area contributed by atoms with Crippen LogP contribution in [0.2, 0.25) is 0 Å². The van der Waals surface area contributed by atoms with E-state index in [0.717, 1.165) is 9.37 Å². The molecule has 2 N–H and O–H groups in total. The molecule has 0 aliphatic heterocycles. The first kappa shape index (κ1) is 15.5. The van der Waals surface area contributed by atoms with E-state index in [1.807, 2.05) is 38.1 Å². The number of aliphatic hydroxyl groups excluding tert-OH is 1. The zero-order valence-electron chi connectivity index (χ0n) is 10.6. The summed E-state index contributed by atoms with van der Waals surface area (Å²) < 4.78 is 1.03. The van der Waals surface area contributed by atoms with Crippen molar-refractivity contribution < 1.29 is 9.90 Å². The van der Waals surface area contributed by atoms with Crippen molar-refractivity contribution in [3.05, 3.63) is 28.7 Å². The van der Waals surface area contributed by atoms with Crippen LogP contribution in [0, 0.1) is 5.41 Å². The van der Waals surface area contributed by atoms with Gasteiger partial charge in [0, 0.05) is 27.9 Å². The molecule has 0 heterocycles. The van der Waals surface area contributed by atoms with Crippen LogP contribution in [0.1, 0.15) is 13.8 Å². The predicted molar refractivity (Wildman–Crippen MR) is 78.7 cm³/mol. The monoisotopic (exact) mass is 331 g/mol. The van der Waals surface area contributed by atoms with Gasteiger partial charge in [0.15, 0.2) is 0 Å². The molecule has 0 spiro atoms. The molecule has 0 fully saturated rings. The molecule has 0 atom stereocenters. The third-order valence-corrected chi connectivity index (χ3v) is 3.92. The molecule has 0 aliphatic carbocycles. The van der Waals surface area contributed by atoms with E-state index in [0.29, 0.717) is 12.3 Å². The molecule has 0 saturated heterocycles. The van der Waals surface area contributed by atoms with E-state index >= 15 is 0 Å². The van der Waals surface area contributed by atoms with E-state index in [-0.39, 0.29) is 17.9 Å². The molecule has 0 aromatic heterocycles. The molecule has 0 radical (unpaired) electrons. The molecule has 3 nitrogen and oxygen atoms in total. The Morgan fingerprint density at radius 2 is 2.00 bits per heavy atom. The minimum atomic E-state index is -0.266. The quantitative estimate of drug-likeness (QED) is 0.788. The van der Waals surface area contributed by atoms with Crippen molar-refractivity contribution in [2.24, 2.45) is 5.41 Å². The maximum atomic E-state index is 11.6. The van der Waals surface area contributed by atoms with Crippen LogP contribution in [0.15, 0.2) is 33.6 Å². The summed E-state index contributed by atoms with van der Waals surface area (Å²) in [5.41, 5.74) is -0.266. The van der Waals surface area contributed by atoms with Crippen LogP contribution in [0.25, 0.3) is 0 Å². The number of hydrogen-bond acceptors (Lipinski definition) is 3. The molecular formula is C13H18BrNO2S. The van der Waals surface area contributed by atoms with Crippen LogP contribution >= 0.6 is 27.7 Å². The second kappa shape index (κ2) is 7.16. The molecule has 0 saturated carbocycles. The van der Waals surface area contributed by atoms with Crippen molar-refractivity contribution in [3.8, 4) is 0 Å². The fraction of sp³-hybridized carbons (Fsp3) is 0.462. The third-order valence-electron chi connectivity index (χ3n) is 2.38. The van der Waals surface area contributed by atoms with Gasteiger partial charge in [-0.3, -0.25) is 4.79 Å². The predicted octanol–water partition coefficient (Wildman–Crippen LogP) is 2.68. The van der Waals surface area contributed by atoms with Crippen molar-refractivity contribution in [2.45, 2.75) is 18.7 Å². The Kier molecular flexibility index (Phi) is 6.18. The molecule has 18 heavy (non-hydrogen) atoms. The van der Waals surface area contributed by atoms with Gasteiger partial charge in [0.05, 0.1) is 5.75 Å². The molecule has 1 aromatic rings. The number of thioether (sulfide) groups is 1. The van der Waals surface area contributed by atoms with Crippen LogP contribution in [0.4, 0.5) is 0 Å². The summed E-state index contributed by atoms with van der Waals surface area (Å²) >= 11 is 4.87. The van der Waals surface area contributed by atoms with Gasteiger partial charge < -0.3 is 10.4 Å². The third kappa shape index (κ3) is 5.89. The van der Waals surface area contributed by atoms with Crippen LogP contribution in [0.5, 0.6) is 0 Å². The number of rotatable bonds is 6. The fourth-order valence-corrected chi connectivity index (χ4v) is 2.12. The highest BCUT2D eigenvalue weighted by Crippen LogP contribution is 2.20. The summed E-state index contributed by atoms with van der Waals surface area (Å²) in [5, 5.41) is 11.9. The lowest BCUT2D eigenvalue weighted by Gasteiger charge is -2.21. The normalized spacial score (nSPS) is 11.3. The van der Waals surface area contributed by atoms with Crippen molar-refractivity contribution in [2.75, 3.05) is 18.9 Å². The minimum Gasteiger partial charge on any atom is -0.396 e. The van der Waals surface area contributed by atoms with E-state index in [1.54, 1.807) is 0 Å². The zero-order chi connectivity index (χ0) is 13.6. The Balaban J connectivity index is 2.31. The first-order valence-electron chi connectivity index (χ1n) is 5.69. The zero-order valence-corrected chi connectivity index (χ0v) is 13.0. The second-order valence-electron chi connectivity index (χ2n) is 4.84. The number of benzene rings is 1. The first-order valence-corrected chi connectivity index (χ1v) is 7.47. The highest BCUT2D eigenvalue weighted by atomic mass is 79.9. The standard InChI is InChI=1S/C13H18BrNO2S/c1-13(2,9-16)8-15-12(17)7-18-11-5-3-10(14)4-6-11/h3-6,16H,7-9H2,1-2H3,(H,15,17). The highest BCUT2D eigenvalue weighted by Gasteiger charge is 2.17. The van der Waals surface area contributed by atoms with E-state index in [2.05, 4.69) is 21.2 Å². The summed E-state index contributed by atoms with van der Waals surface area (Å²) in [4.78, 5) is 12.7. The van der Waals surface area contributed by atoms with Gasteiger partial charge in [0.1, 0.15) is 0 Å². The molecule has 0 bridgehead atoms. The molecule has 1 amide bonds. The van der Waals surface area contributed by atoms with E-state index in [9.17, 15) is 4.79 Å². The van der Waals surface area contributed by atoms with Gasteiger partial charge in [-0.1, -0.05) is 29.8 Å². The number of hydrogen-bond donors (Lipinski definition) is 2. The van der Waals surface area contributed by atoms with Crippen LogP contribution in [-0.2, 0) is 4.79 Å². The van der Waals surface area contributed by atoms with Crippen molar-refractivity contribution in [3.63, 3.8) is 0 Å². The lowest BCUT2D eigenvalue weighted by Crippen LogP contribution is -2.36. The number of carbonyl (C=O) groups excluding carboxylic acids is 1. The van der Waals surface area contributed by atoms with Gasteiger partial charge in [-0.05, 0) is 24.3 Å². The summed E-state index contributed by atoms with van der Waals surface area (Å²) in [6.07, 6.45) is 0.